The molecular weight excluding hydrogens is 304 g/mol. The molecule has 1 N–H and O–H groups in total. The fourth-order valence-corrected chi connectivity index (χ4v) is 3.16. The standard InChI is InChI=1S/C17H21ClO4/c1-17(2)8-21-14-5-12(13(18)7-15(14)22-9-17)11(6-16(19)20)10-3-4-10/h5,7,10-11H,3-4,6,8-9H2,1-2H3,(H,19,20). The number of carbonyl (C=O) groups is 1. The topological polar surface area (TPSA) is 55.8 Å². The lowest BCUT2D eigenvalue weighted by atomic mass is 9.90. The number of benzene rings is 1. The zero-order valence-electron chi connectivity index (χ0n) is 12.9. The first kappa shape index (κ1) is 15.5. The number of fused-ring (bicyclic) bond motifs is 1. The summed E-state index contributed by atoms with van der Waals surface area (Å²) in [4.78, 5) is 11.2. The lowest BCUT2D eigenvalue weighted by molar-refractivity contribution is -0.137. The molecule has 1 unspecified atom stereocenters. The number of aliphatic carboxylic acids is 1. The van der Waals surface area contributed by atoms with E-state index in [0.29, 0.717) is 35.7 Å². The largest absolute Gasteiger partial charge is 0.489 e. The van der Waals surface area contributed by atoms with Crippen LogP contribution in [0, 0.1) is 11.3 Å². The fraction of sp³-hybridized carbons (Fsp3) is 0.588. The van der Waals surface area contributed by atoms with Crippen LogP contribution >= 0.6 is 11.6 Å². The minimum absolute atomic E-state index is 0.0461. The van der Waals surface area contributed by atoms with E-state index in [9.17, 15) is 4.79 Å². The van der Waals surface area contributed by atoms with E-state index in [4.69, 9.17) is 26.2 Å². The van der Waals surface area contributed by atoms with Crippen LogP contribution in [0.1, 0.15) is 44.6 Å². The Labute approximate surface area is 135 Å². The van der Waals surface area contributed by atoms with E-state index >= 15 is 0 Å². The second-order valence-electron chi connectivity index (χ2n) is 7.10. The van der Waals surface area contributed by atoms with Crippen molar-refractivity contribution in [3.05, 3.63) is 22.7 Å². The Hall–Kier alpha value is -1.42. The highest BCUT2D eigenvalue weighted by atomic mass is 35.5. The third kappa shape index (κ3) is 3.32. The second kappa shape index (κ2) is 5.65. The predicted molar refractivity (Wildman–Crippen MR) is 83.9 cm³/mol. The van der Waals surface area contributed by atoms with Gasteiger partial charge in [-0.25, -0.2) is 0 Å². The maximum Gasteiger partial charge on any atom is 0.303 e. The molecule has 1 aliphatic heterocycles. The Morgan fingerprint density at radius 1 is 1.32 bits per heavy atom. The zero-order chi connectivity index (χ0) is 15.9. The van der Waals surface area contributed by atoms with Crippen molar-refractivity contribution in [3.63, 3.8) is 0 Å². The molecule has 1 atom stereocenters. The number of carboxylic acid groups (broad SMARTS) is 1. The second-order valence-corrected chi connectivity index (χ2v) is 7.51. The molecule has 2 aliphatic rings. The van der Waals surface area contributed by atoms with E-state index in [1.165, 1.54) is 0 Å². The predicted octanol–water partition coefficient (Wildman–Crippen LogP) is 4.11. The molecule has 0 spiro atoms. The number of carboxylic acids is 1. The number of halogens is 1. The van der Waals surface area contributed by atoms with Crippen molar-refractivity contribution in [1.29, 1.82) is 0 Å². The van der Waals surface area contributed by atoms with Gasteiger partial charge >= 0.3 is 5.97 Å². The molecule has 0 saturated heterocycles. The van der Waals surface area contributed by atoms with Gasteiger partial charge in [-0.2, -0.15) is 0 Å². The molecular formula is C17H21ClO4. The first-order valence-corrected chi connectivity index (χ1v) is 8.04. The first-order chi connectivity index (χ1) is 10.4. The van der Waals surface area contributed by atoms with Crippen molar-refractivity contribution in [1.82, 2.24) is 0 Å². The minimum Gasteiger partial charge on any atom is -0.489 e. The Morgan fingerprint density at radius 2 is 1.91 bits per heavy atom. The number of ether oxygens (including phenoxy) is 2. The Balaban J connectivity index is 1.93. The molecule has 1 aromatic rings. The monoisotopic (exact) mass is 324 g/mol. The quantitative estimate of drug-likeness (QED) is 0.905. The van der Waals surface area contributed by atoms with Gasteiger partial charge in [0, 0.05) is 16.5 Å². The van der Waals surface area contributed by atoms with Crippen LogP contribution in [0.5, 0.6) is 11.5 Å². The lowest BCUT2D eigenvalue weighted by Gasteiger charge is -2.19. The molecule has 120 valence electrons. The van der Waals surface area contributed by atoms with Crippen LogP contribution in [-0.4, -0.2) is 24.3 Å². The Morgan fingerprint density at radius 3 is 2.45 bits per heavy atom. The summed E-state index contributed by atoms with van der Waals surface area (Å²) in [7, 11) is 0. The third-order valence-corrected chi connectivity index (χ3v) is 4.61. The molecule has 0 aromatic heterocycles. The Bertz CT molecular complexity index is 593. The van der Waals surface area contributed by atoms with Crippen molar-refractivity contribution < 1.29 is 19.4 Å². The molecule has 0 bridgehead atoms. The van der Waals surface area contributed by atoms with E-state index in [1.54, 1.807) is 6.07 Å². The van der Waals surface area contributed by atoms with Gasteiger partial charge in [0.15, 0.2) is 11.5 Å². The van der Waals surface area contributed by atoms with Gasteiger partial charge in [0.2, 0.25) is 0 Å². The van der Waals surface area contributed by atoms with Crippen molar-refractivity contribution in [2.45, 2.75) is 39.0 Å². The van der Waals surface area contributed by atoms with Crippen LogP contribution in [-0.2, 0) is 4.79 Å². The van der Waals surface area contributed by atoms with Crippen LogP contribution in [0.25, 0.3) is 0 Å². The van der Waals surface area contributed by atoms with Gasteiger partial charge in [-0.15, -0.1) is 0 Å². The number of rotatable bonds is 4. The molecule has 0 radical (unpaired) electrons. The SMILES string of the molecule is CC1(C)COc2cc(Cl)c(C(CC(=O)O)C3CC3)cc2OC1. The highest BCUT2D eigenvalue weighted by Gasteiger charge is 2.36. The Kier molecular flexibility index (Phi) is 3.98. The third-order valence-electron chi connectivity index (χ3n) is 4.28. The van der Waals surface area contributed by atoms with Crippen LogP contribution in [0.3, 0.4) is 0 Å². The van der Waals surface area contributed by atoms with E-state index in [1.807, 2.05) is 6.07 Å². The first-order valence-electron chi connectivity index (χ1n) is 7.66. The molecule has 1 fully saturated rings. The summed E-state index contributed by atoms with van der Waals surface area (Å²) in [5, 5.41) is 9.74. The summed E-state index contributed by atoms with van der Waals surface area (Å²) in [6.45, 7) is 5.29. The number of hydrogen-bond acceptors (Lipinski definition) is 3. The van der Waals surface area contributed by atoms with Gasteiger partial charge in [0.25, 0.3) is 0 Å². The van der Waals surface area contributed by atoms with Crippen molar-refractivity contribution in [2.24, 2.45) is 11.3 Å². The van der Waals surface area contributed by atoms with Crippen LogP contribution < -0.4 is 9.47 Å². The van der Waals surface area contributed by atoms with Gasteiger partial charge in [-0.1, -0.05) is 25.4 Å². The molecule has 3 rings (SSSR count). The summed E-state index contributed by atoms with van der Waals surface area (Å²) >= 11 is 6.41. The summed E-state index contributed by atoms with van der Waals surface area (Å²) in [6.07, 6.45) is 2.24. The molecule has 1 aromatic carbocycles. The van der Waals surface area contributed by atoms with Gasteiger partial charge in [0.1, 0.15) is 0 Å². The lowest BCUT2D eigenvalue weighted by Crippen LogP contribution is -2.26. The summed E-state index contributed by atoms with van der Waals surface area (Å²) in [6, 6.07) is 3.65. The van der Waals surface area contributed by atoms with E-state index in [0.717, 1.165) is 18.4 Å². The van der Waals surface area contributed by atoms with Crippen molar-refractivity contribution in [3.8, 4) is 11.5 Å². The molecule has 0 amide bonds. The highest BCUT2D eigenvalue weighted by Crippen LogP contribution is 2.49. The van der Waals surface area contributed by atoms with E-state index < -0.39 is 5.97 Å². The van der Waals surface area contributed by atoms with Gasteiger partial charge in [0.05, 0.1) is 19.6 Å². The molecule has 1 saturated carbocycles. The van der Waals surface area contributed by atoms with Gasteiger partial charge in [-0.05, 0) is 36.3 Å². The van der Waals surface area contributed by atoms with Gasteiger partial charge in [-0.3, -0.25) is 4.79 Å². The van der Waals surface area contributed by atoms with Crippen LogP contribution in [0.15, 0.2) is 12.1 Å². The summed E-state index contributed by atoms with van der Waals surface area (Å²) in [5.74, 6) is 0.886. The van der Waals surface area contributed by atoms with E-state index in [2.05, 4.69) is 13.8 Å². The van der Waals surface area contributed by atoms with Crippen molar-refractivity contribution in [2.75, 3.05) is 13.2 Å². The minimum atomic E-state index is -0.791. The van der Waals surface area contributed by atoms with Crippen LogP contribution in [0.2, 0.25) is 5.02 Å². The summed E-state index contributed by atoms with van der Waals surface area (Å²) in [5.41, 5.74) is 0.802. The van der Waals surface area contributed by atoms with E-state index in [-0.39, 0.29) is 17.8 Å². The maximum atomic E-state index is 11.2. The fourth-order valence-electron chi connectivity index (χ4n) is 2.87. The highest BCUT2D eigenvalue weighted by molar-refractivity contribution is 6.31. The molecule has 4 nitrogen and oxygen atoms in total. The van der Waals surface area contributed by atoms with Crippen LogP contribution in [0.4, 0.5) is 0 Å². The zero-order valence-corrected chi connectivity index (χ0v) is 13.7. The molecule has 22 heavy (non-hydrogen) atoms. The summed E-state index contributed by atoms with van der Waals surface area (Å²) < 4.78 is 11.7. The average Bonchev–Trinajstić information content (AvgIpc) is 3.25. The molecule has 1 heterocycles. The average molecular weight is 325 g/mol. The normalized spacial score (nSPS) is 21.0. The molecule has 5 heteroatoms. The van der Waals surface area contributed by atoms with Crippen molar-refractivity contribution >= 4 is 17.6 Å². The maximum absolute atomic E-state index is 11.2. The smallest absolute Gasteiger partial charge is 0.303 e. The molecule has 1 aliphatic carbocycles. The van der Waals surface area contributed by atoms with Gasteiger partial charge < -0.3 is 14.6 Å². The number of hydrogen-bond donors (Lipinski definition) is 1.